The Morgan fingerprint density at radius 2 is 2.00 bits per heavy atom. The first-order valence-electron chi connectivity index (χ1n) is 4.66. The number of aliphatic hydroxyl groups is 1. The van der Waals surface area contributed by atoms with Crippen LogP contribution in [0.5, 0.6) is 11.5 Å². The number of hydrogen-bond acceptors (Lipinski definition) is 4. The third kappa shape index (κ3) is 2.62. The van der Waals surface area contributed by atoms with Crippen molar-refractivity contribution in [2.75, 3.05) is 13.7 Å². The summed E-state index contributed by atoms with van der Waals surface area (Å²) in [5.74, 6) is -1.40. The number of methoxy groups -OCH3 is 1. The number of phenolic OH excluding ortho intramolecular Hbond substituents is 1. The van der Waals surface area contributed by atoms with E-state index in [1.807, 2.05) is 0 Å². The molecule has 7 heteroatoms. The van der Waals surface area contributed by atoms with Crippen LogP contribution in [0.25, 0.3) is 0 Å². The highest BCUT2D eigenvalue weighted by molar-refractivity contribution is 5.53. The summed E-state index contributed by atoms with van der Waals surface area (Å²) >= 11 is 0. The lowest BCUT2D eigenvalue weighted by atomic mass is 10.0. The molecular formula is C10H12F3NO3. The molecule has 1 unspecified atom stereocenters. The number of alkyl halides is 3. The standard InChI is InChI=1S/C10H12F3NO3/c1-17-9-6(10(11,12)13)3-2-5(8(9)16)7(14)4-15/h2-3,7,15-16H,4,14H2,1H3. The fraction of sp³-hybridized carbons (Fsp3) is 0.400. The normalized spacial score (nSPS) is 13.5. The number of aromatic hydroxyl groups is 1. The summed E-state index contributed by atoms with van der Waals surface area (Å²) in [4.78, 5) is 0. The van der Waals surface area contributed by atoms with Crippen LogP contribution in [-0.2, 0) is 6.18 Å². The number of rotatable bonds is 3. The topological polar surface area (TPSA) is 75.7 Å². The van der Waals surface area contributed by atoms with Gasteiger partial charge in [-0.3, -0.25) is 0 Å². The van der Waals surface area contributed by atoms with Crippen LogP contribution in [0.4, 0.5) is 13.2 Å². The molecule has 0 amide bonds. The van der Waals surface area contributed by atoms with E-state index in [1.54, 1.807) is 0 Å². The Morgan fingerprint density at radius 3 is 2.41 bits per heavy atom. The number of halogens is 3. The van der Waals surface area contributed by atoms with E-state index in [2.05, 4.69) is 4.74 Å². The van der Waals surface area contributed by atoms with Crippen molar-refractivity contribution in [1.82, 2.24) is 0 Å². The highest BCUT2D eigenvalue weighted by Gasteiger charge is 2.36. The van der Waals surface area contributed by atoms with Crippen molar-refractivity contribution in [2.24, 2.45) is 5.73 Å². The number of ether oxygens (including phenoxy) is 1. The Bertz CT molecular complexity index is 407. The van der Waals surface area contributed by atoms with Gasteiger partial charge in [0.25, 0.3) is 0 Å². The lowest BCUT2D eigenvalue weighted by Gasteiger charge is -2.17. The largest absolute Gasteiger partial charge is 0.504 e. The summed E-state index contributed by atoms with van der Waals surface area (Å²) in [7, 11) is 1.01. The van der Waals surface area contributed by atoms with Crippen LogP contribution in [0.15, 0.2) is 12.1 Å². The van der Waals surface area contributed by atoms with Crippen molar-refractivity contribution < 1.29 is 28.1 Å². The molecule has 0 aliphatic carbocycles. The Balaban J connectivity index is 3.37. The van der Waals surface area contributed by atoms with Crippen LogP contribution in [0.1, 0.15) is 17.2 Å². The molecule has 0 aromatic heterocycles. The van der Waals surface area contributed by atoms with Crippen molar-refractivity contribution in [3.05, 3.63) is 23.3 Å². The Labute approximate surface area is 95.4 Å². The van der Waals surface area contributed by atoms with Gasteiger partial charge in [0.05, 0.1) is 19.8 Å². The van der Waals surface area contributed by atoms with Crippen molar-refractivity contribution >= 4 is 0 Å². The zero-order valence-corrected chi connectivity index (χ0v) is 8.95. The predicted molar refractivity (Wildman–Crippen MR) is 53.7 cm³/mol. The molecule has 1 aromatic rings. The third-order valence-electron chi connectivity index (χ3n) is 2.27. The first-order valence-corrected chi connectivity index (χ1v) is 4.66. The summed E-state index contributed by atoms with van der Waals surface area (Å²) < 4.78 is 42.2. The minimum Gasteiger partial charge on any atom is -0.504 e. The molecule has 0 radical (unpaired) electrons. The molecule has 4 nitrogen and oxygen atoms in total. The Kier molecular flexibility index (Phi) is 3.84. The van der Waals surface area contributed by atoms with Gasteiger partial charge in [-0.1, -0.05) is 6.07 Å². The van der Waals surface area contributed by atoms with E-state index in [1.165, 1.54) is 0 Å². The van der Waals surface area contributed by atoms with E-state index in [0.717, 1.165) is 19.2 Å². The van der Waals surface area contributed by atoms with Gasteiger partial charge in [-0.25, -0.2) is 0 Å². The van der Waals surface area contributed by atoms with E-state index >= 15 is 0 Å². The summed E-state index contributed by atoms with van der Waals surface area (Å²) in [5.41, 5.74) is 4.34. The van der Waals surface area contributed by atoms with E-state index in [9.17, 15) is 18.3 Å². The molecule has 1 aromatic carbocycles. The fourth-order valence-electron chi connectivity index (χ4n) is 1.41. The van der Waals surface area contributed by atoms with E-state index in [-0.39, 0.29) is 5.56 Å². The van der Waals surface area contributed by atoms with Gasteiger partial charge >= 0.3 is 6.18 Å². The lowest BCUT2D eigenvalue weighted by molar-refractivity contribution is -0.138. The van der Waals surface area contributed by atoms with Crippen molar-refractivity contribution in [3.63, 3.8) is 0 Å². The quantitative estimate of drug-likeness (QED) is 0.759. The molecule has 96 valence electrons. The summed E-state index contributed by atoms with van der Waals surface area (Å²) in [5, 5.41) is 18.4. The Morgan fingerprint density at radius 1 is 1.41 bits per heavy atom. The second kappa shape index (κ2) is 4.80. The van der Waals surface area contributed by atoms with Gasteiger partial charge in [0, 0.05) is 5.56 Å². The van der Waals surface area contributed by atoms with Gasteiger partial charge in [-0.2, -0.15) is 13.2 Å². The van der Waals surface area contributed by atoms with Crippen molar-refractivity contribution in [2.45, 2.75) is 12.2 Å². The number of hydrogen-bond donors (Lipinski definition) is 3. The van der Waals surface area contributed by atoms with Crippen LogP contribution in [0.2, 0.25) is 0 Å². The molecular weight excluding hydrogens is 239 g/mol. The predicted octanol–water partition coefficient (Wildman–Crippen LogP) is 1.41. The molecule has 0 aliphatic heterocycles. The zero-order chi connectivity index (χ0) is 13.2. The number of aliphatic hydroxyl groups excluding tert-OH is 1. The van der Waals surface area contributed by atoms with Crippen LogP contribution >= 0.6 is 0 Å². The highest BCUT2D eigenvalue weighted by Crippen LogP contribution is 2.43. The van der Waals surface area contributed by atoms with E-state index < -0.39 is 35.9 Å². The molecule has 4 N–H and O–H groups in total. The first kappa shape index (κ1) is 13.6. The fourth-order valence-corrected chi connectivity index (χ4v) is 1.41. The van der Waals surface area contributed by atoms with Gasteiger partial charge in [-0.15, -0.1) is 0 Å². The molecule has 0 saturated carbocycles. The molecule has 0 bridgehead atoms. The van der Waals surface area contributed by atoms with Crippen molar-refractivity contribution in [3.8, 4) is 11.5 Å². The SMILES string of the molecule is COc1c(C(F)(F)F)ccc(C(N)CO)c1O. The molecule has 0 spiro atoms. The second-order valence-electron chi connectivity index (χ2n) is 3.37. The summed E-state index contributed by atoms with van der Waals surface area (Å²) in [6, 6.07) is 0.802. The third-order valence-corrected chi connectivity index (χ3v) is 2.27. The highest BCUT2D eigenvalue weighted by atomic mass is 19.4. The minimum atomic E-state index is -4.63. The average molecular weight is 251 g/mol. The maximum absolute atomic E-state index is 12.6. The molecule has 17 heavy (non-hydrogen) atoms. The summed E-state index contributed by atoms with van der Waals surface area (Å²) in [6.07, 6.45) is -4.63. The van der Waals surface area contributed by atoms with Gasteiger partial charge in [0.1, 0.15) is 5.56 Å². The number of benzene rings is 1. The number of nitrogens with two attached hydrogens (primary N) is 1. The van der Waals surface area contributed by atoms with Crippen LogP contribution in [0, 0.1) is 0 Å². The smallest absolute Gasteiger partial charge is 0.420 e. The maximum Gasteiger partial charge on any atom is 0.420 e. The average Bonchev–Trinajstić information content (AvgIpc) is 2.26. The molecule has 0 fully saturated rings. The van der Waals surface area contributed by atoms with Crippen molar-refractivity contribution in [1.29, 1.82) is 0 Å². The lowest BCUT2D eigenvalue weighted by Crippen LogP contribution is -2.16. The molecule has 1 atom stereocenters. The molecule has 0 heterocycles. The van der Waals surface area contributed by atoms with E-state index in [4.69, 9.17) is 10.8 Å². The maximum atomic E-state index is 12.6. The van der Waals surface area contributed by atoms with Crippen LogP contribution in [0.3, 0.4) is 0 Å². The van der Waals surface area contributed by atoms with Crippen LogP contribution < -0.4 is 10.5 Å². The van der Waals surface area contributed by atoms with Crippen LogP contribution in [-0.4, -0.2) is 23.9 Å². The van der Waals surface area contributed by atoms with Gasteiger partial charge < -0.3 is 20.7 Å². The van der Waals surface area contributed by atoms with E-state index in [0.29, 0.717) is 0 Å². The summed E-state index contributed by atoms with van der Waals surface area (Å²) in [6.45, 7) is -0.498. The molecule has 0 aliphatic rings. The van der Waals surface area contributed by atoms with Gasteiger partial charge in [0.15, 0.2) is 11.5 Å². The van der Waals surface area contributed by atoms with Gasteiger partial charge in [-0.05, 0) is 6.07 Å². The first-order chi connectivity index (χ1) is 7.82. The molecule has 0 saturated heterocycles. The zero-order valence-electron chi connectivity index (χ0n) is 8.95. The Hall–Kier alpha value is -1.47. The minimum absolute atomic E-state index is 0.00245. The second-order valence-corrected chi connectivity index (χ2v) is 3.37. The monoisotopic (exact) mass is 251 g/mol. The molecule has 1 rings (SSSR count). The van der Waals surface area contributed by atoms with Gasteiger partial charge in [0.2, 0.25) is 0 Å². The number of phenols is 1.